The lowest BCUT2D eigenvalue weighted by Gasteiger charge is -2.22. The van der Waals surface area contributed by atoms with Crippen LogP contribution in [0.3, 0.4) is 0 Å². The summed E-state index contributed by atoms with van der Waals surface area (Å²) >= 11 is 0. The molecule has 1 unspecified atom stereocenters. The summed E-state index contributed by atoms with van der Waals surface area (Å²) in [4.78, 5) is 26.2. The number of ether oxygens (including phenoxy) is 1. The van der Waals surface area contributed by atoms with E-state index in [1.54, 1.807) is 35.8 Å². The van der Waals surface area contributed by atoms with Crippen LogP contribution in [-0.2, 0) is 24.8 Å². The maximum absolute atomic E-state index is 12.7. The van der Waals surface area contributed by atoms with Crippen LogP contribution in [0.25, 0.3) is 11.0 Å². The van der Waals surface area contributed by atoms with Crippen molar-refractivity contribution in [3.05, 3.63) is 51.9 Å². The summed E-state index contributed by atoms with van der Waals surface area (Å²) in [6.07, 6.45) is 2.60. The standard InChI is InChI=1S/C21H26N4O4/c1-6-7-15-10-19(26)29-20-13(2)17(9-8-16(15)20)28-14(3)21(27)24(4)11-18-23-22-12-25(18)5/h8-10,12,14H,6-7,11H2,1-5H3. The molecule has 1 aromatic carbocycles. The third-order valence-electron chi connectivity index (χ3n) is 4.93. The first-order valence-corrected chi connectivity index (χ1v) is 9.62. The fraction of sp³-hybridized carbons (Fsp3) is 0.429. The van der Waals surface area contributed by atoms with Crippen LogP contribution in [0.15, 0.2) is 33.7 Å². The monoisotopic (exact) mass is 398 g/mol. The number of benzene rings is 1. The number of hydrogen-bond donors (Lipinski definition) is 0. The molecule has 29 heavy (non-hydrogen) atoms. The minimum atomic E-state index is -0.713. The van der Waals surface area contributed by atoms with Gasteiger partial charge in [-0.25, -0.2) is 4.79 Å². The average molecular weight is 398 g/mol. The summed E-state index contributed by atoms with van der Waals surface area (Å²) < 4.78 is 13.1. The fourth-order valence-electron chi connectivity index (χ4n) is 3.30. The molecule has 0 bridgehead atoms. The molecular weight excluding hydrogens is 372 g/mol. The Hall–Kier alpha value is -3.16. The number of likely N-dealkylation sites (N-methyl/N-ethyl adjacent to an activating group) is 1. The van der Waals surface area contributed by atoms with Crippen molar-refractivity contribution in [2.45, 2.75) is 46.3 Å². The Morgan fingerprint density at radius 2 is 2.14 bits per heavy atom. The molecule has 2 aromatic heterocycles. The van der Waals surface area contributed by atoms with Crippen LogP contribution < -0.4 is 10.4 Å². The Labute approximate surface area is 169 Å². The van der Waals surface area contributed by atoms with Crippen molar-refractivity contribution in [2.24, 2.45) is 7.05 Å². The summed E-state index contributed by atoms with van der Waals surface area (Å²) in [6.45, 7) is 5.92. The van der Waals surface area contributed by atoms with Crippen molar-refractivity contribution in [2.75, 3.05) is 7.05 Å². The molecular formula is C21H26N4O4. The van der Waals surface area contributed by atoms with Crippen molar-refractivity contribution in [1.29, 1.82) is 0 Å². The van der Waals surface area contributed by atoms with Gasteiger partial charge in [0.2, 0.25) is 0 Å². The number of hydrogen-bond acceptors (Lipinski definition) is 6. The van der Waals surface area contributed by atoms with Gasteiger partial charge in [-0.1, -0.05) is 13.3 Å². The lowest BCUT2D eigenvalue weighted by Crippen LogP contribution is -2.38. The van der Waals surface area contributed by atoms with Crippen molar-refractivity contribution >= 4 is 16.9 Å². The second-order valence-electron chi connectivity index (χ2n) is 7.22. The predicted octanol–water partition coefficient (Wildman–Crippen LogP) is 2.61. The lowest BCUT2D eigenvalue weighted by molar-refractivity contribution is -0.137. The first kappa shape index (κ1) is 20.6. The second kappa shape index (κ2) is 8.46. The van der Waals surface area contributed by atoms with Gasteiger partial charge in [-0.2, -0.15) is 0 Å². The molecule has 2 heterocycles. The van der Waals surface area contributed by atoms with Crippen LogP contribution >= 0.6 is 0 Å². The van der Waals surface area contributed by atoms with Gasteiger partial charge < -0.3 is 18.6 Å². The molecule has 0 fully saturated rings. The first-order chi connectivity index (χ1) is 13.8. The van der Waals surface area contributed by atoms with E-state index in [0.29, 0.717) is 29.3 Å². The summed E-state index contributed by atoms with van der Waals surface area (Å²) in [6, 6.07) is 5.24. The molecule has 0 aliphatic carbocycles. The minimum absolute atomic E-state index is 0.186. The molecule has 1 atom stereocenters. The fourth-order valence-corrected chi connectivity index (χ4v) is 3.30. The van der Waals surface area contributed by atoms with Gasteiger partial charge in [0.25, 0.3) is 5.91 Å². The number of fused-ring (bicyclic) bond motifs is 1. The van der Waals surface area contributed by atoms with Crippen molar-refractivity contribution < 1.29 is 13.9 Å². The number of aryl methyl sites for hydroxylation is 3. The van der Waals surface area contributed by atoms with Crippen LogP contribution in [0, 0.1) is 6.92 Å². The molecule has 8 heteroatoms. The van der Waals surface area contributed by atoms with E-state index in [1.807, 2.05) is 26.1 Å². The first-order valence-electron chi connectivity index (χ1n) is 9.62. The molecule has 0 aliphatic heterocycles. The van der Waals surface area contributed by atoms with E-state index in [-0.39, 0.29) is 11.5 Å². The largest absolute Gasteiger partial charge is 0.480 e. The Balaban J connectivity index is 1.81. The maximum atomic E-state index is 12.7. The topological polar surface area (TPSA) is 90.5 Å². The average Bonchev–Trinajstić information content (AvgIpc) is 3.08. The van der Waals surface area contributed by atoms with Gasteiger partial charge in [0, 0.05) is 31.1 Å². The van der Waals surface area contributed by atoms with Crippen LogP contribution in [-0.4, -0.2) is 38.7 Å². The molecule has 0 N–H and O–H groups in total. The van der Waals surface area contributed by atoms with E-state index in [0.717, 1.165) is 23.8 Å². The van der Waals surface area contributed by atoms with E-state index < -0.39 is 6.10 Å². The third kappa shape index (κ3) is 4.31. The lowest BCUT2D eigenvalue weighted by atomic mass is 10.0. The van der Waals surface area contributed by atoms with Crippen molar-refractivity contribution in [3.8, 4) is 5.75 Å². The van der Waals surface area contributed by atoms with Crippen LogP contribution in [0.1, 0.15) is 37.2 Å². The number of nitrogens with zero attached hydrogens (tertiary/aromatic N) is 4. The Morgan fingerprint density at radius 3 is 2.79 bits per heavy atom. The van der Waals surface area contributed by atoms with E-state index in [4.69, 9.17) is 9.15 Å². The van der Waals surface area contributed by atoms with E-state index in [2.05, 4.69) is 17.1 Å². The van der Waals surface area contributed by atoms with Crippen molar-refractivity contribution in [1.82, 2.24) is 19.7 Å². The minimum Gasteiger partial charge on any atom is -0.480 e. The predicted molar refractivity (Wildman–Crippen MR) is 109 cm³/mol. The molecule has 3 rings (SSSR count). The second-order valence-corrected chi connectivity index (χ2v) is 7.22. The van der Waals surface area contributed by atoms with E-state index in [9.17, 15) is 9.59 Å². The molecule has 0 aliphatic rings. The highest BCUT2D eigenvalue weighted by molar-refractivity contribution is 5.85. The van der Waals surface area contributed by atoms with E-state index >= 15 is 0 Å². The summed E-state index contributed by atoms with van der Waals surface area (Å²) in [5.74, 6) is 1.01. The van der Waals surface area contributed by atoms with Gasteiger partial charge in [0.15, 0.2) is 11.9 Å². The number of aromatic nitrogens is 3. The highest BCUT2D eigenvalue weighted by Gasteiger charge is 2.22. The Bertz CT molecular complexity index is 1090. The van der Waals surface area contributed by atoms with Gasteiger partial charge in [-0.15, -0.1) is 10.2 Å². The molecule has 0 saturated heterocycles. The zero-order chi connectivity index (χ0) is 21.1. The van der Waals surface area contributed by atoms with Gasteiger partial charge in [0.05, 0.1) is 6.54 Å². The number of amides is 1. The van der Waals surface area contributed by atoms with Crippen LogP contribution in [0.5, 0.6) is 5.75 Å². The highest BCUT2D eigenvalue weighted by atomic mass is 16.5. The van der Waals surface area contributed by atoms with Gasteiger partial charge in [-0.3, -0.25) is 4.79 Å². The summed E-state index contributed by atoms with van der Waals surface area (Å²) in [5, 5.41) is 8.72. The van der Waals surface area contributed by atoms with E-state index in [1.165, 1.54) is 0 Å². The Morgan fingerprint density at radius 1 is 1.38 bits per heavy atom. The molecule has 3 aromatic rings. The van der Waals surface area contributed by atoms with Crippen molar-refractivity contribution in [3.63, 3.8) is 0 Å². The van der Waals surface area contributed by atoms with Gasteiger partial charge >= 0.3 is 5.63 Å². The van der Waals surface area contributed by atoms with Gasteiger partial charge in [-0.05, 0) is 38.0 Å². The zero-order valence-corrected chi connectivity index (χ0v) is 17.4. The molecule has 0 saturated carbocycles. The number of carbonyl (C=O) groups is 1. The number of rotatable bonds is 7. The molecule has 1 amide bonds. The quantitative estimate of drug-likeness (QED) is 0.568. The molecule has 154 valence electrons. The third-order valence-corrected chi connectivity index (χ3v) is 4.93. The molecule has 0 spiro atoms. The van der Waals surface area contributed by atoms with Gasteiger partial charge in [0.1, 0.15) is 17.7 Å². The van der Waals surface area contributed by atoms with Crippen LogP contribution in [0.2, 0.25) is 0 Å². The zero-order valence-electron chi connectivity index (χ0n) is 17.4. The summed E-state index contributed by atoms with van der Waals surface area (Å²) in [7, 11) is 3.52. The SMILES string of the molecule is CCCc1cc(=O)oc2c(C)c(OC(C)C(=O)N(C)Cc3nncn3C)ccc12. The molecule has 8 nitrogen and oxygen atoms in total. The Kier molecular flexibility index (Phi) is 6.00. The smallest absolute Gasteiger partial charge is 0.336 e. The number of carbonyl (C=O) groups excluding carboxylic acids is 1. The molecule has 0 radical (unpaired) electrons. The normalized spacial score (nSPS) is 12.2. The van der Waals surface area contributed by atoms with Crippen LogP contribution in [0.4, 0.5) is 0 Å². The summed E-state index contributed by atoms with van der Waals surface area (Å²) in [5.41, 5.74) is 1.79. The maximum Gasteiger partial charge on any atom is 0.336 e. The highest BCUT2D eigenvalue weighted by Crippen LogP contribution is 2.29.